The van der Waals surface area contributed by atoms with E-state index < -0.39 is 0 Å². The zero-order valence-electron chi connectivity index (χ0n) is 10.1. The van der Waals surface area contributed by atoms with Gasteiger partial charge < -0.3 is 0 Å². The van der Waals surface area contributed by atoms with Crippen LogP contribution in [0.1, 0.15) is 0 Å². The van der Waals surface area contributed by atoms with Crippen molar-refractivity contribution in [2.45, 2.75) is 8.42 Å². The van der Waals surface area contributed by atoms with Crippen molar-refractivity contribution in [1.29, 1.82) is 0 Å². The first-order valence-corrected chi connectivity index (χ1v) is 9.80. The number of pyridine rings is 2. The quantitative estimate of drug-likeness (QED) is 0.449. The van der Waals surface area contributed by atoms with Gasteiger partial charge in [-0.25, -0.2) is 0 Å². The Labute approximate surface area is 131 Å². The second-order valence-electron chi connectivity index (χ2n) is 4.14. The fourth-order valence-corrected chi connectivity index (χ4v) is 6.98. The number of thiophene rings is 2. The van der Waals surface area contributed by atoms with E-state index in [1.807, 2.05) is 24.8 Å². The third kappa shape index (κ3) is 2.22. The van der Waals surface area contributed by atoms with Crippen molar-refractivity contribution < 1.29 is 0 Å². The fraction of sp³-hybridized carbons (Fsp3) is 0. The molecule has 0 aliphatic rings. The zero-order valence-corrected chi connectivity index (χ0v) is 13.4. The van der Waals surface area contributed by atoms with Crippen LogP contribution in [-0.4, -0.2) is 9.97 Å². The molecule has 98 valence electrons. The average molecular weight is 333 g/mol. The molecule has 0 saturated carbocycles. The molecule has 20 heavy (non-hydrogen) atoms. The van der Waals surface area contributed by atoms with Gasteiger partial charge in [0, 0.05) is 35.6 Å². The van der Waals surface area contributed by atoms with Gasteiger partial charge in [0.1, 0.15) is 0 Å². The van der Waals surface area contributed by atoms with Crippen molar-refractivity contribution in [3.05, 3.63) is 47.7 Å². The molecule has 4 aromatic rings. The largest absolute Gasteiger partial charge is 0.264 e. The molecule has 6 heteroatoms. The highest BCUT2D eigenvalue weighted by Crippen LogP contribution is 2.47. The normalized spacial score (nSPS) is 11.4. The van der Waals surface area contributed by atoms with Gasteiger partial charge in [-0.3, -0.25) is 9.97 Å². The fourth-order valence-electron chi connectivity index (χ4n) is 1.92. The third-order valence-electron chi connectivity index (χ3n) is 2.93. The lowest BCUT2D eigenvalue weighted by Gasteiger charge is -1.98. The van der Waals surface area contributed by atoms with E-state index in [0.29, 0.717) is 0 Å². The van der Waals surface area contributed by atoms with Crippen molar-refractivity contribution in [1.82, 2.24) is 9.97 Å². The molecule has 0 amide bonds. The summed E-state index contributed by atoms with van der Waals surface area (Å²) in [4.78, 5) is 8.43. The second-order valence-corrected chi connectivity index (χ2v) is 8.56. The van der Waals surface area contributed by atoms with Crippen LogP contribution >= 0.6 is 44.3 Å². The van der Waals surface area contributed by atoms with Gasteiger partial charge in [0.15, 0.2) is 0 Å². The van der Waals surface area contributed by atoms with Gasteiger partial charge in [-0.05, 0) is 55.3 Å². The maximum absolute atomic E-state index is 4.22. The molecule has 0 aromatic carbocycles. The summed E-state index contributed by atoms with van der Waals surface area (Å²) in [6.07, 6.45) is 7.58. The van der Waals surface area contributed by atoms with Gasteiger partial charge in [-0.2, -0.15) is 0 Å². The van der Waals surface area contributed by atoms with Crippen LogP contribution in [0.5, 0.6) is 0 Å². The molecule has 0 aliphatic carbocycles. The Morgan fingerprint density at radius 2 is 1.25 bits per heavy atom. The molecule has 0 atom stereocenters. The Hall–Kier alpha value is -1.08. The van der Waals surface area contributed by atoms with Crippen LogP contribution in [0.4, 0.5) is 0 Å². The lowest BCUT2D eigenvalue weighted by molar-refractivity contribution is 1.36. The van der Waals surface area contributed by atoms with E-state index in [1.54, 1.807) is 44.3 Å². The molecule has 4 aromatic heterocycles. The summed E-state index contributed by atoms with van der Waals surface area (Å²) in [6.45, 7) is 0. The number of rotatable bonds is 3. The molecule has 0 aliphatic heterocycles. The number of nitrogens with zero attached hydrogens (tertiary/aromatic N) is 2. The molecular formula is C14H8N2S4. The Morgan fingerprint density at radius 1 is 0.750 bits per heavy atom. The molecule has 0 radical (unpaired) electrons. The Bertz CT molecular complexity index is 807. The highest BCUT2D eigenvalue weighted by atomic mass is 33.1. The van der Waals surface area contributed by atoms with Crippen molar-refractivity contribution >= 4 is 65.8 Å². The van der Waals surface area contributed by atoms with E-state index in [1.165, 1.54) is 30.0 Å². The summed E-state index contributed by atoms with van der Waals surface area (Å²) in [6, 6.07) is 4.12. The molecule has 4 rings (SSSR count). The van der Waals surface area contributed by atoms with Crippen LogP contribution < -0.4 is 0 Å². The minimum Gasteiger partial charge on any atom is -0.264 e. The smallest absolute Gasteiger partial charge is 0.0803 e. The second kappa shape index (κ2) is 5.37. The molecule has 2 nitrogen and oxygen atoms in total. The van der Waals surface area contributed by atoms with E-state index in [4.69, 9.17) is 0 Å². The summed E-state index contributed by atoms with van der Waals surface area (Å²) >= 11 is 3.56. The molecule has 0 saturated heterocycles. The van der Waals surface area contributed by atoms with E-state index >= 15 is 0 Å². The summed E-state index contributed by atoms with van der Waals surface area (Å²) in [5.74, 6) is 0. The molecule has 0 unspecified atom stereocenters. The van der Waals surface area contributed by atoms with Crippen molar-refractivity contribution in [2.75, 3.05) is 0 Å². The summed E-state index contributed by atoms with van der Waals surface area (Å²) in [5.41, 5.74) is 0. The van der Waals surface area contributed by atoms with Crippen LogP contribution in [0.3, 0.4) is 0 Å². The van der Waals surface area contributed by atoms with Gasteiger partial charge in [-0.15, -0.1) is 22.7 Å². The summed E-state index contributed by atoms with van der Waals surface area (Å²) in [7, 11) is 3.61. The van der Waals surface area contributed by atoms with Gasteiger partial charge in [0.25, 0.3) is 0 Å². The molecular weight excluding hydrogens is 324 g/mol. The van der Waals surface area contributed by atoms with E-state index in [9.17, 15) is 0 Å². The van der Waals surface area contributed by atoms with E-state index in [-0.39, 0.29) is 0 Å². The van der Waals surface area contributed by atoms with Crippen molar-refractivity contribution in [3.63, 3.8) is 0 Å². The first-order valence-electron chi connectivity index (χ1n) is 5.89. The van der Waals surface area contributed by atoms with Gasteiger partial charge in [0.2, 0.25) is 0 Å². The molecule has 4 heterocycles. The van der Waals surface area contributed by atoms with Crippen LogP contribution in [-0.2, 0) is 0 Å². The molecule has 0 bridgehead atoms. The first kappa shape index (κ1) is 12.6. The zero-order chi connectivity index (χ0) is 13.4. The van der Waals surface area contributed by atoms with Crippen LogP contribution in [0.2, 0.25) is 0 Å². The monoisotopic (exact) mass is 332 g/mol. The van der Waals surface area contributed by atoms with Gasteiger partial charge >= 0.3 is 0 Å². The van der Waals surface area contributed by atoms with Crippen molar-refractivity contribution in [2.24, 2.45) is 0 Å². The SMILES string of the molecule is c1cc2csc(SSc3scc4ccncc34)c2cn1. The van der Waals surface area contributed by atoms with Gasteiger partial charge in [0.05, 0.1) is 8.42 Å². The predicted octanol–water partition coefficient (Wildman–Crippen LogP) is 5.71. The highest BCUT2D eigenvalue weighted by molar-refractivity contribution is 8.77. The number of fused-ring (bicyclic) bond motifs is 2. The Balaban J connectivity index is 1.64. The standard InChI is InChI=1S/C14H8N2S4/c1-3-15-5-11-9(1)7-17-13(11)19-20-14-12-6-16-4-2-10(12)8-18-14/h1-8H. The topological polar surface area (TPSA) is 25.8 Å². The van der Waals surface area contributed by atoms with Crippen LogP contribution in [0.15, 0.2) is 56.1 Å². The maximum Gasteiger partial charge on any atom is 0.0803 e. The predicted molar refractivity (Wildman–Crippen MR) is 91.0 cm³/mol. The molecule has 0 N–H and O–H groups in total. The highest BCUT2D eigenvalue weighted by Gasteiger charge is 2.09. The average Bonchev–Trinajstić information content (AvgIpc) is 3.09. The minimum absolute atomic E-state index is 1.24. The lowest BCUT2D eigenvalue weighted by atomic mass is 10.3. The Kier molecular flexibility index (Phi) is 3.39. The molecule has 0 fully saturated rings. The van der Waals surface area contributed by atoms with E-state index in [0.717, 1.165) is 0 Å². The number of hydrogen-bond acceptors (Lipinski definition) is 6. The van der Waals surface area contributed by atoms with Crippen LogP contribution in [0.25, 0.3) is 21.5 Å². The molecule has 0 spiro atoms. The summed E-state index contributed by atoms with van der Waals surface area (Å²) < 4.78 is 2.62. The van der Waals surface area contributed by atoms with Crippen molar-refractivity contribution in [3.8, 4) is 0 Å². The van der Waals surface area contributed by atoms with Crippen LogP contribution in [0, 0.1) is 0 Å². The number of hydrogen-bond donors (Lipinski definition) is 0. The Morgan fingerprint density at radius 3 is 1.75 bits per heavy atom. The third-order valence-corrected chi connectivity index (χ3v) is 8.33. The maximum atomic E-state index is 4.22. The first-order chi connectivity index (χ1) is 9.92. The number of aromatic nitrogens is 2. The minimum atomic E-state index is 1.24. The van der Waals surface area contributed by atoms with E-state index in [2.05, 4.69) is 32.9 Å². The van der Waals surface area contributed by atoms with Gasteiger partial charge in [-0.1, -0.05) is 0 Å². The summed E-state index contributed by atoms with van der Waals surface area (Å²) in [5, 5.41) is 9.40. The lowest BCUT2D eigenvalue weighted by Crippen LogP contribution is -1.70.